The lowest BCUT2D eigenvalue weighted by molar-refractivity contribution is 0.153. The van der Waals surface area contributed by atoms with Gasteiger partial charge in [-0.3, -0.25) is 0 Å². The molecular weight excluding hydrogens is 227 g/mol. The van der Waals surface area contributed by atoms with Crippen molar-refractivity contribution in [2.75, 3.05) is 20.6 Å². The van der Waals surface area contributed by atoms with Crippen LogP contribution < -0.4 is 5.32 Å². The minimum atomic E-state index is -0.155. The van der Waals surface area contributed by atoms with Crippen molar-refractivity contribution in [1.82, 2.24) is 10.2 Å². The van der Waals surface area contributed by atoms with E-state index in [-0.39, 0.29) is 5.82 Å². The highest BCUT2D eigenvalue weighted by atomic mass is 19.1. The quantitative estimate of drug-likeness (QED) is 0.864. The number of hydrogen-bond acceptors (Lipinski definition) is 2. The van der Waals surface area contributed by atoms with Crippen molar-refractivity contribution in [2.24, 2.45) is 0 Å². The van der Waals surface area contributed by atoms with E-state index in [4.69, 9.17) is 0 Å². The molecule has 2 rings (SSSR count). The first kappa shape index (κ1) is 13.5. The lowest BCUT2D eigenvalue weighted by Crippen LogP contribution is -2.49. The molecule has 1 fully saturated rings. The number of nitrogens with one attached hydrogen (secondary N) is 1. The SMILES string of the molecule is CN(C)C1(CNCc2cccc(F)c2)CCCC1. The molecule has 1 aliphatic carbocycles. The summed E-state index contributed by atoms with van der Waals surface area (Å²) in [5.74, 6) is -0.155. The Labute approximate surface area is 109 Å². The van der Waals surface area contributed by atoms with Crippen molar-refractivity contribution in [1.29, 1.82) is 0 Å². The van der Waals surface area contributed by atoms with Crippen LogP contribution in [0.15, 0.2) is 24.3 Å². The van der Waals surface area contributed by atoms with Crippen molar-refractivity contribution in [3.05, 3.63) is 35.6 Å². The third-order valence-electron chi connectivity index (χ3n) is 4.16. The van der Waals surface area contributed by atoms with E-state index >= 15 is 0 Å². The zero-order chi connectivity index (χ0) is 13.0. The van der Waals surface area contributed by atoms with Crippen LogP contribution in [0.2, 0.25) is 0 Å². The van der Waals surface area contributed by atoms with E-state index in [1.807, 2.05) is 6.07 Å². The molecule has 0 unspecified atom stereocenters. The van der Waals surface area contributed by atoms with Crippen LogP contribution in [-0.4, -0.2) is 31.1 Å². The molecule has 0 saturated heterocycles. The molecule has 3 heteroatoms. The summed E-state index contributed by atoms with van der Waals surface area (Å²) in [5.41, 5.74) is 1.31. The monoisotopic (exact) mass is 250 g/mol. The summed E-state index contributed by atoms with van der Waals surface area (Å²) >= 11 is 0. The topological polar surface area (TPSA) is 15.3 Å². The Morgan fingerprint density at radius 1 is 1.28 bits per heavy atom. The van der Waals surface area contributed by atoms with Crippen LogP contribution in [0.3, 0.4) is 0 Å². The molecule has 1 aromatic rings. The van der Waals surface area contributed by atoms with E-state index in [9.17, 15) is 4.39 Å². The van der Waals surface area contributed by atoms with Gasteiger partial charge in [0.25, 0.3) is 0 Å². The fourth-order valence-corrected chi connectivity index (χ4v) is 2.90. The zero-order valence-electron chi connectivity index (χ0n) is 11.4. The highest BCUT2D eigenvalue weighted by Crippen LogP contribution is 2.33. The fraction of sp³-hybridized carbons (Fsp3) is 0.600. The average molecular weight is 250 g/mol. The van der Waals surface area contributed by atoms with Gasteiger partial charge in [-0.15, -0.1) is 0 Å². The van der Waals surface area contributed by atoms with Crippen molar-refractivity contribution >= 4 is 0 Å². The number of halogens is 1. The summed E-state index contributed by atoms with van der Waals surface area (Å²) in [6.45, 7) is 1.73. The predicted molar refractivity (Wildman–Crippen MR) is 73.0 cm³/mol. The second-order valence-electron chi connectivity index (χ2n) is 5.56. The number of benzene rings is 1. The molecule has 100 valence electrons. The van der Waals surface area contributed by atoms with Gasteiger partial charge >= 0.3 is 0 Å². The Morgan fingerprint density at radius 3 is 2.61 bits per heavy atom. The minimum absolute atomic E-state index is 0.155. The third-order valence-corrected chi connectivity index (χ3v) is 4.16. The Morgan fingerprint density at radius 2 is 2.00 bits per heavy atom. The van der Waals surface area contributed by atoms with Crippen molar-refractivity contribution < 1.29 is 4.39 Å². The first-order valence-corrected chi connectivity index (χ1v) is 6.75. The maximum absolute atomic E-state index is 13.1. The zero-order valence-corrected chi connectivity index (χ0v) is 11.4. The lowest BCUT2D eigenvalue weighted by atomic mass is 9.96. The standard InChI is InChI=1S/C15H23FN2/c1-18(2)15(8-3-4-9-15)12-17-11-13-6-5-7-14(16)10-13/h5-7,10,17H,3-4,8-9,11-12H2,1-2H3. The van der Waals surface area contributed by atoms with Gasteiger partial charge in [-0.1, -0.05) is 25.0 Å². The Hall–Kier alpha value is -0.930. The molecule has 0 bridgehead atoms. The lowest BCUT2D eigenvalue weighted by Gasteiger charge is -2.36. The molecule has 0 radical (unpaired) electrons. The maximum Gasteiger partial charge on any atom is 0.123 e. The number of rotatable bonds is 5. The van der Waals surface area contributed by atoms with Crippen molar-refractivity contribution in [3.63, 3.8) is 0 Å². The summed E-state index contributed by atoms with van der Waals surface area (Å²) in [7, 11) is 4.32. The second-order valence-corrected chi connectivity index (χ2v) is 5.56. The highest BCUT2D eigenvalue weighted by molar-refractivity contribution is 5.16. The molecule has 0 amide bonds. The molecule has 1 aromatic carbocycles. The van der Waals surface area contributed by atoms with Gasteiger partial charge in [-0.25, -0.2) is 4.39 Å². The van der Waals surface area contributed by atoms with Crippen molar-refractivity contribution in [2.45, 2.75) is 37.8 Å². The van der Waals surface area contributed by atoms with Gasteiger partial charge < -0.3 is 10.2 Å². The summed E-state index contributed by atoms with van der Waals surface area (Å²) in [5, 5.41) is 3.48. The Kier molecular flexibility index (Phi) is 4.36. The molecule has 1 saturated carbocycles. The second kappa shape index (κ2) is 5.81. The van der Waals surface area contributed by atoms with Crippen LogP contribution in [0.5, 0.6) is 0 Å². The Balaban J connectivity index is 1.87. The molecule has 0 atom stereocenters. The molecule has 0 spiro atoms. The van der Waals surface area contributed by atoms with E-state index in [2.05, 4.69) is 24.3 Å². The number of nitrogens with zero attached hydrogens (tertiary/aromatic N) is 1. The fourth-order valence-electron chi connectivity index (χ4n) is 2.90. The van der Waals surface area contributed by atoms with Gasteiger partial charge in [0, 0.05) is 18.6 Å². The number of hydrogen-bond donors (Lipinski definition) is 1. The molecule has 1 N–H and O–H groups in total. The predicted octanol–water partition coefficient (Wildman–Crippen LogP) is 2.79. The molecule has 0 aromatic heterocycles. The van der Waals surface area contributed by atoms with E-state index in [1.54, 1.807) is 12.1 Å². The van der Waals surface area contributed by atoms with Crippen molar-refractivity contribution in [3.8, 4) is 0 Å². The first-order valence-electron chi connectivity index (χ1n) is 6.75. The normalized spacial score (nSPS) is 18.4. The summed E-state index contributed by atoms with van der Waals surface area (Å²) in [6, 6.07) is 6.82. The highest BCUT2D eigenvalue weighted by Gasteiger charge is 2.35. The smallest absolute Gasteiger partial charge is 0.123 e. The van der Waals surface area contributed by atoms with Gasteiger partial charge in [0.2, 0.25) is 0 Å². The molecule has 18 heavy (non-hydrogen) atoms. The molecular formula is C15H23FN2. The van der Waals surface area contributed by atoms with Crippen LogP contribution in [-0.2, 0) is 6.54 Å². The maximum atomic E-state index is 13.1. The third kappa shape index (κ3) is 3.09. The van der Waals surface area contributed by atoms with E-state index < -0.39 is 0 Å². The molecule has 0 heterocycles. The van der Waals surface area contributed by atoms with Gasteiger partial charge in [0.15, 0.2) is 0 Å². The van der Waals surface area contributed by atoms with Crippen LogP contribution >= 0.6 is 0 Å². The largest absolute Gasteiger partial charge is 0.311 e. The summed E-state index contributed by atoms with van der Waals surface area (Å²) < 4.78 is 13.1. The summed E-state index contributed by atoms with van der Waals surface area (Å²) in [6.07, 6.45) is 5.16. The van der Waals surface area contributed by atoms with Crippen LogP contribution in [0.4, 0.5) is 4.39 Å². The first-order chi connectivity index (χ1) is 8.62. The summed E-state index contributed by atoms with van der Waals surface area (Å²) in [4.78, 5) is 2.35. The molecule has 2 nitrogen and oxygen atoms in total. The van der Waals surface area contributed by atoms with Crippen LogP contribution in [0, 0.1) is 5.82 Å². The van der Waals surface area contributed by atoms with E-state index in [0.717, 1.165) is 18.7 Å². The van der Waals surface area contributed by atoms with E-state index in [0.29, 0.717) is 5.54 Å². The average Bonchev–Trinajstić information content (AvgIpc) is 2.79. The molecule has 1 aliphatic rings. The minimum Gasteiger partial charge on any atom is -0.311 e. The van der Waals surface area contributed by atoms with Gasteiger partial charge in [-0.2, -0.15) is 0 Å². The van der Waals surface area contributed by atoms with Crippen LogP contribution in [0.1, 0.15) is 31.2 Å². The molecule has 0 aliphatic heterocycles. The van der Waals surface area contributed by atoms with Crippen LogP contribution in [0.25, 0.3) is 0 Å². The number of likely N-dealkylation sites (N-methyl/N-ethyl adjacent to an activating group) is 1. The van der Waals surface area contributed by atoms with Gasteiger partial charge in [-0.05, 0) is 44.6 Å². The Bertz CT molecular complexity index is 384. The van der Waals surface area contributed by atoms with E-state index in [1.165, 1.54) is 31.7 Å². The van der Waals surface area contributed by atoms with Gasteiger partial charge in [0.05, 0.1) is 0 Å². The van der Waals surface area contributed by atoms with Gasteiger partial charge in [0.1, 0.15) is 5.82 Å².